The summed E-state index contributed by atoms with van der Waals surface area (Å²) in [5.41, 5.74) is 7.24. The van der Waals surface area contributed by atoms with Crippen molar-refractivity contribution >= 4 is 34.2 Å². The third-order valence-electron chi connectivity index (χ3n) is 3.75. The topological polar surface area (TPSA) is 82.8 Å². The lowest BCUT2D eigenvalue weighted by Gasteiger charge is -2.13. The van der Waals surface area contributed by atoms with Gasteiger partial charge >= 0.3 is 0 Å². The Morgan fingerprint density at radius 2 is 1.78 bits per heavy atom. The zero-order chi connectivity index (χ0) is 18.9. The van der Waals surface area contributed by atoms with Crippen molar-refractivity contribution in [2.75, 3.05) is 27.4 Å². The number of nitrogens with one attached hydrogen (secondary N) is 1. The first-order valence-corrected chi connectivity index (χ1v) is 8.94. The van der Waals surface area contributed by atoms with Gasteiger partial charge in [0.1, 0.15) is 5.75 Å². The summed E-state index contributed by atoms with van der Waals surface area (Å²) in [6.45, 7) is 1.25. The molecule has 0 saturated heterocycles. The van der Waals surface area contributed by atoms with Crippen LogP contribution in [0.15, 0.2) is 40.9 Å². The van der Waals surface area contributed by atoms with Crippen LogP contribution in [-0.2, 0) is 17.8 Å². The van der Waals surface area contributed by atoms with Gasteiger partial charge in [-0.3, -0.25) is 4.79 Å². The van der Waals surface area contributed by atoms with E-state index in [0.29, 0.717) is 12.3 Å². The number of amides is 1. The number of carbonyl (C=O) groups excluding carboxylic acids is 1. The maximum atomic E-state index is 10.9. The van der Waals surface area contributed by atoms with Gasteiger partial charge in [0, 0.05) is 16.6 Å². The van der Waals surface area contributed by atoms with Crippen molar-refractivity contribution in [1.29, 1.82) is 0 Å². The molecule has 2 aromatic rings. The summed E-state index contributed by atoms with van der Waals surface area (Å²) < 4.78 is 17.0. The smallest absolute Gasteiger partial charge is 0.255 e. The van der Waals surface area contributed by atoms with Crippen LogP contribution in [0.5, 0.6) is 17.2 Å². The molecule has 27 heavy (non-hydrogen) atoms. The van der Waals surface area contributed by atoms with Crippen LogP contribution in [0.25, 0.3) is 0 Å². The fourth-order valence-corrected chi connectivity index (χ4v) is 2.88. The van der Waals surface area contributed by atoms with Crippen LogP contribution in [0.3, 0.4) is 0 Å². The van der Waals surface area contributed by atoms with E-state index < -0.39 is 5.91 Å². The molecule has 148 valence electrons. The predicted octanol–water partition coefficient (Wildman–Crippen LogP) is 3.08. The Kier molecular flexibility index (Phi) is 9.99. The second-order valence-electron chi connectivity index (χ2n) is 5.62. The number of carbonyl (C=O) groups is 1. The molecule has 6 nitrogen and oxygen atoms in total. The van der Waals surface area contributed by atoms with E-state index >= 15 is 0 Å². The number of methoxy groups -OCH3 is 2. The third kappa shape index (κ3) is 7.28. The number of ether oxygens (including phenoxy) is 3. The van der Waals surface area contributed by atoms with Gasteiger partial charge in [-0.25, -0.2) is 0 Å². The van der Waals surface area contributed by atoms with Gasteiger partial charge in [-0.05, 0) is 48.9 Å². The van der Waals surface area contributed by atoms with E-state index in [1.807, 2.05) is 36.4 Å². The highest BCUT2D eigenvalue weighted by Gasteiger charge is 2.07. The maximum absolute atomic E-state index is 10.9. The van der Waals surface area contributed by atoms with Crippen LogP contribution in [-0.4, -0.2) is 33.3 Å². The summed E-state index contributed by atoms with van der Waals surface area (Å²) in [4.78, 5) is 10.9. The first-order chi connectivity index (χ1) is 12.5. The highest BCUT2D eigenvalue weighted by molar-refractivity contribution is 9.10. The number of primary amides is 1. The van der Waals surface area contributed by atoms with Crippen molar-refractivity contribution in [3.8, 4) is 17.2 Å². The normalized spacial score (nSPS) is 10.0. The molecule has 0 aliphatic rings. The molecular formula is C19H24BrClN2O4. The molecule has 3 N–H and O–H groups in total. The zero-order valence-corrected chi connectivity index (χ0v) is 17.7. The van der Waals surface area contributed by atoms with Crippen molar-refractivity contribution in [2.24, 2.45) is 5.73 Å². The van der Waals surface area contributed by atoms with Gasteiger partial charge in [0.25, 0.3) is 5.91 Å². The standard InChI is InChI=1S/C19H23BrN2O4.ClH/c1-24-17-5-3-13(9-18(17)25-2)7-8-22-11-14-10-15(20)4-6-16(14)26-12-19(21)23;/h3-6,9-10,22H,7-8,11-12H2,1-2H3,(H2,21,23);1H. The lowest BCUT2D eigenvalue weighted by atomic mass is 10.1. The van der Waals surface area contributed by atoms with Gasteiger partial charge in [0.15, 0.2) is 18.1 Å². The van der Waals surface area contributed by atoms with Crippen LogP contribution in [0.1, 0.15) is 11.1 Å². The number of rotatable bonds is 10. The summed E-state index contributed by atoms with van der Waals surface area (Å²) in [5.74, 6) is 1.58. The number of halogens is 2. The Bertz CT molecular complexity index is 758. The Morgan fingerprint density at radius 3 is 2.44 bits per heavy atom. The number of benzene rings is 2. The van der Waals surface area contributed by atoms with E-state index in [1.54, 1.807) is 14.2 Å². The predicted molar refractivity (Wildman–Crippen MR) is 111 cm³/mol. The third-order valence-corrected chi connectivity index (χ3v) is 4.24. The Morgan fingerprint density at radius 1 is 1.07 bits per heavy atom. The van der Waals surface area contributed by atoms with Gasteiger partial charge < -0.3 is 25.3 Å². The summed E-state index contributed by atoms with van der Waals surface area (Å²) in [6, 6.07) is 11.5. The molecule has 2 aromatic carbocycles. The van der Waals surface area contributed by atoms with Crippen LogP contribution in [0.4, 0.5) is 0 Å². The maximum Gasteiger partial charge on any atom is 0.255 e. The van der Waals surface area contributed by atoms with Crippen molar-refractivity contribution in [2.45, 2.75) is 13.0 Å². The van der Waals surface area contributed by atoms with Crippen molar-refractivity contribution in [1.82, 2.24) is 5.32 Å². The number of nitrogens with two attached hydrogens (primary N) is 1. The number of hydrogen-bond acceptors (Lipinski definition) is 5. The first kappa shape index (κ1) is 23.1. The van der Waals surface area contributed by atoms with Gasteiger partial charge in [-0.2, -0.15) is 0 Å². The molecule has 0 aromatic heterocycles. The quantitative estimate of drug-likeness (QED) is 0.534. The lowest BCUT2D eigenvalue weighted by Crippen LogP contribution is -2.21. The second-order valence-corrected chi connectivity index (χ2v) is 6.54. The summed E-state index contributed by atoms with van der Waals surface area (Å²) in [6.07, 6.45) is 0.839. The average Bonchev–Trinajstić information content (AvgIpc) is 2.64. The molecule has 2 rings (SSSR count). The summed E-state index contributed by atoms with van der Waals surface area (Å²) in [5, 5.41) is 3.38. The Hall–Kier alpha value is -1.96. The second kappa shape index (κ2) is 11.7. The monoisotopic (exact) mass is 458 g/mol. The molecule has 0 spiro atoms. The van der Waals surface area contributed by atoms with Crippen molar-refractivity contribution in [3.05, 3.63) is 52.0 Å². The van der Waals surface area contributed by atoms with Crippen molar-refractivity contribution < 1.29 is 19.0 Å². The highest BCUT2D eigenvalue weighted by atomic mass is 79.9. The van der Waals surface area contributed by atoms with Gasteiger partial charge in [-0.1, -0.05) is 22.0 Å². The minimum Gasteiger partial charge on any atom is -0.493 e. The highest BCUT2D eigenvalue weighted by Crippen LogP contribution is 2.27. The molecule has 0 aliphatic carbocycles. The molecule has 8 heteroatoms. The van der Waals surface area contributed by atoms with E-state index in [4.69, 9.17) is 19.9 Å². The largest absolute Gasteiger partial charge is 0.493 e. The van der Waals surface area contributed by atoms with Crippen LogP contribution >= 0.6 is 28.3 Å². The Labute approximate surface area is 173 Å². The molecule has 0 fully saturated rings. The van der Waals surface area contributed by atoms with E-state index in [1.165, 1.54) is 0 Å². The molecule has 0 saturated carbocycles. The number of hydrogen-bond donors (Lipinski definition) is 2. The molecule has 0 radical (unpaired) electrons. The molecule has 0 heterocycles. The molecular weight excluding hydrogens is 436 g/mol. The van der Waals surface area contributed by atoms with Crippen LogP contribution in [0.2, 0.25) is 0 Å². The molecule has 0 aliphatic heterocycles. The van der Waals surface area contributed by atoms with Crippen LogP contribution < -0.4 is 25.3 Å². The average molecular weight is 460 g/mol. The van der Waals surface area contributed by atoms with Gasteiger partial charge in [0.05, 0.1) is 14.2 Å². The molecule has 0 bridgehead atoms. The summed E-state index contributed by atoms with van der Waals surface area (Å²) in [7, 11) is 3.25. The molecule has 0 atom stereocenters. The fourth-order valence-electron chi connectivity index (χ4n) is 2.47. The van der Waals surface area contributed by atoms with E-state index in [0.717, 1.165) is 40.1 Å². The van der Waals surface area contributed by atoms with E-state index in [-0.39, 0.29) is 19.0 Å². The fraction of sp³-hybridized carbons (Fsp3) is 0.316. The molecule has 0 unspecified atom stereocenters. The minimum absolute atomic E-state index is 0. The van der Waals surface area contributed by atoms with E-state index in [9.17, 15) is 4.79 Å². The minimum atomic E-state index is -0.500. The SMILES string of the molecule is COc1ccc(CCNCc2cc(Br)ccc2OCC(N)=O)cc1OC.Cl. The van der Waals surface area contributed by atoms with Crippen molar-refractivity contribution in [3.63, 3.8) is 0 Å². The Balaban J connectivity index is 0.00000364. The lowest BCUT2D eigenvalue weighted by molar-refractivity contribution is -0.119. The zero-order valence-electron chi connectivity index (χ0n) is 15.3. The molecule has 1 amide bonds. The summed E-state index contributed by atoms with van der Waals surface area (Å²) >= 11 is 3.45. The van der Waals surface area contributed by atoms with Gasteiger partial charge in [0.2, 0.25) is 0 Å². The first-order valence-electron chi connectivity index (χ1n) is 8.14. The van der Waals surface area contributed by atoms with Gasteiger partial charge in [-0.15, -0.1) is 12.4 Å². The van der Waals surface area contributed by atoms with E-state index in [2.05, 4.69) is 21.2 Å². The van der Waals surface area contributed by atoms with Crippen LogP contribution in [0, 0.1) is 0 Å².